The standard InChI is InChI=1S/C11H11F5N2O2/c1-10(17,11(14,15)16)8(19)18-6-3-2-4-7(5-6)20-9(12)13/h2-5,9H,17H2,1H3,(H,18,19). The van der Waals surface area contributed by atoms with Crippen molar-refractivity contribution in [3.8, 4) is 5.75 Å². The first kappa shape index (κ1) is 16.2. The van der Waals surface area contributed by atoms with Gasteiger partial charge in [-0.3, -0.25) is 4.79 Å². The van der Waals surface area contributed by atoms with E-state index in [9.17, 15) is 26.7 Å². The second-order valence-electron chi connectivity index (χ2n) is 4.06. The Balaban J connectivity index is 2.86. The Bertz CT molecular complexity index is 488. The molecule has 1 amide bonds. The number of ether oxygens (including phenoxy) is 1. The number of nitrogens with two attached hydrogens (primary N) is 1. The van der Waals surface area contributed by atoms with Crippen molar-refractivity contribution in [1.29, 1.82) is 0 Å². The Morgan fingerprint density at radius 3 is 2.45 bits per heavy atom. The van der Waals surface area contributed by atoms with Gasteiger partial charge in [0.1, 0.15) is 5.75 Å². The molecule has 0 aliphatic heterocycles. The summed E-state index contributed by atoms with van der Waals surface area (Å²) in [5, 5.41) is 1.89. The van der Waals surface area contributed by atoms with Crippen molar-refractivity contribution < 1.29 is 31.5 Å². The highest BCUT2D eigenvalue weighted by molar-refractivity contribution is 5.98. The number of benzene rings is 1. The van der Waals surface area contributed by atoms with Gasteiger partial charge in [0.15, 0.2) is 5.54 Å². The molecular formula is C11H11F5N2O2. The third kappa shape index (κ3) is 3.80. The van der Waals surface area contributed by atoms with Crippen LogP contribution in [-0.4, -0.2) is 24.2 Å². The van der Waals surface area contributed by atoms with Gasteiger partial charge in [0.05, 0.1) is 0 Å². The summed E-state index contributed by atoms with van der Waals surface area (Å²) >= 11 is 0. The number of hydrogen-bond acceptors (Lipinski definition) is 3. The second kappa shape index (κ2) is 5.61. The molecule has 0 radical (unpaired) electrons. The Morgan fingerprint density at radius 1 is 1.35 bits per heavy atom. The molecule has 0 spiro atoms. The average Bonchev–Trinajstić information content (AvgIpc) is 2.26. The molecular weight excluding hydrogens is 287 g/mol. The molecule has 0 aliphatic rings. The fraction of sp³-hybridized carbons (Fsp3) is 0.364. The van der Waals surface area contributed by atoms with Crippen LogP contribution in [0.15, 0.2) is 24.3 Å². The average molecular weight is 298 g/mol. The number of alkyl halides is 5. The molecule has 0 heterocycles. The van der Waals surface area contributed by atoms with E-state index in [4.69, 9.17) is 5.73 Å². The van der Waals surface area contributed by atoms with Crippen LogP contribution in [0.1, 0.15) is 6.92 Å². The third-order valence-electron chi connectivity index (χ3n) is 2.38. The van der Waals surface area contributed by atoms with Crippen LogP contribution in [0, 0.1) is 0 Å². The number of halogens is 5. The monoisotopic (exact) mass is 298 g/mol. The van der Waals surface area contributed by atoms with Gasteiger partial charge in [0.2, 0.25) is 0 Å². The molecule has 0 bridgehead atoms. The van der Waals surface area contributed by atoms with Gasteiger partial charge in [-0.25, -0.2) is 0 Å². The van der Waals surface area contributed by atoms with E-state index in [1.54, 1.807) is 0 Å². The third-order valence-corrected chi connectivity index (χ3v) is 2.38. The maximum Gasteiger partial charge on any atom is 0.415 e. The fourth-order valence-corrected chi connectivity index (χ4v) is 1.14. The zero-order valence-electron chi connectivity index (χ0n) is 10.2. The summed E-state index contributed by atoms with van der Waals surface area (Å²) in [6.45, 7) is -2.59. The predicted octanol–water partition coefficient (Wildman–Crippen LogP) is 2.51. The van der Waals surface area contributed by atoms with Crippen LogP contribution in [0.2, 0.25) is 0 Å². The van der Waals surface area contributed by atoms with E-state index in [1.165, 1.54) is 12.1 Å². The van der Waals surface area contributed by atoms with E-state index in [2.05, 4.69) is 4.74 Å². The van der Waals surface area contributed by atoms with Gasteiger partial charge in [0.25, 0.3) is 5.91 Å². The first-order chi connectivity index (χ1) is 9.04. The first-order valence-electron chi connectivity index (χ1n) is 5.26. The molecule has 1 rings (SSSR count). The highest BCUT2D eigenvalue weighted by Crippen LogP contribution is 2.29. The number of rotatable bonds is 4. The van der Waals surface area contributed by atoms with Crippen LogP contribution in [-0.2, 0) is 4.79 Å². The lowest BCUT2D eigenvalue weighted by atomic mass is 10.0. The topological polar surface area (TPSA) is 64.4 Å². The molecule has 20 heavy (non-hydrogen) atoms. The summed E-state index contributed by atoms with van der Waals surface area (Å²) in [5.74, 6) is -1.82. The van der Waals surface area contributed by atoms with Gasteiger partial charge < -0.3 is 15.8 Å². The Labute approximate surface area is 110 Å². The zero-order valence-corrected chi connectivity index (χ0v) is 10.2. The van der Waals surface area contributed by atoms with Crippen LogP contribution in [0.4, 0.5) is 27.6 Å². The molecule has 1 atom stereocenters. The molecule has 0 aliphatic carbocycles. The van der Waals surface area contributed by atoms with Gasteiger partial charge in [0, 0.05) is 11.8 Å². The maximum atomic E-state index is 12.5. The smallest absolute Gasteiger partial charge is 0.415 e. The summed E-state index contributed by atoms with van der Waals surface area (Å²) in [6.07, 6.45) is -4.95. The molecule has 1 aromatic carbocycles. The minimum absolute atomic E-state index is 0.144. The quantitative estimate of drug-likeness (QED) is 0.839. The largest absolute Gasteiger partial charge is 0.435 e. The zero-order chi connectivity index (χ0) is 15.6. The Morgan fingerprint density at radius 2 is 1.95 bits per heavy atom. The molecule has 3 N–H and O–H groups in total. The lowest BCUT2D eigenvalue weighted by Crippen LogP contribution is -2.59. The summed E-state index contributed by atoms with van der Waals surface area (Å²) < 4.78 is 65.6. The van der Waals surface area contributed by atoms with Crippen molar-refractivity contribution in [2.24, 2.45) is 5.73 Å². The Kier molecular flexibility index (Phi) is 4.53. The molecule has 0 aromatic heterocycles. The van der Waals surface area contributed by atoms with Crippen LogP contribution < -0.4 is 15.8 Å². The Hall–Kier alpha value is -1.90. The molecule has 0 fully saturated rings. The summed E-state index contributed by atoms with van der Waals surface area (Å²) in [5.41, 5.74) is 1.67. The van der Waals surface area contributed by atoms with Crippen molar-refractivity contribution >= 4 is 11.6 Å². The van der Waals surface area contributed by atoms with Gasteiger partial charge >= 0.3 is 12.8 Å². The number of carbonyl (C=O) groups excluding carboxylic acids is 1. The second-order valence-corrected chi connectivity index (χ2v) is 4.06. The van der Waals surface area contributed by atoms with Gasteiger partial charge in [-0.05, 0) is 19.1 Å². The minimum atomic E-state index is -4.95. The molecule has 1 aromatic rings. The summed E-state index contributed by atoms with van der Waals surface area (Å²) in [7, 11) is 0. The summed E-state index contributed by atoms with van der Waals surface area (Å²) in [4.78, 5) is 11.5. The van der Waals surface area contributed by atoms with Crippen molar-refractivity contribution in [3.05, 3.63) is 24.3 Å². The van der Waals surface area contributed by atoms with Gasteiger partial charge in [-0.15, -0.1) is 0 Å². The molecule has 0 saturated carbocycles. The van der Waals surface area contributed by atoms with Gasteiger partial charge in [-0.2, -0.15) is 22.0 Å². The number of nitrogens with one attached hydrogen (secondary N) is 1. The lowest BCUT2D eigenvalue weighted by Gasteiger charge is -2.26. The van der Waals surface area contributed by atoms with E-state index in [0.29, 0.717) is 6.92 Å². The molecule has 112 valence electrons. The molecule has 1 unspecified atom stereocenters. The lowest BCUT2D eigenvalue weighted by molar-refractivity contribution is -0.184. The molecule has 0 saturated heterocycles. The van der Waals surface area contributed by atoms with Crippen molar-refractivity contribution in [1.82, 2.24) is 0 Å². The van der Waals surface area contributed by atoms with Crippen LogP contribution in [0.25, 0.3) is 0 Å². The number of amides is 1. The highest BCUT2D eigenvalue weighted by atomic mass is 19.4. The molecule has 9 heteroatoms. The fourth-order valence-electron chi connectivity index (χ4n) is 1.14. The van der Waals surface area contributed by atoms with Crippen LogP contribution in [0.5, 0.6) is 5.75 Å². The van der Waals surface area contributed by atoms with Crippen molar-refractivity contribution in [2.75, 3.05) is 5.32 Å². The van der Waals surface area contributed by atoms with E-state index in [0.717, 1.165) is 12.1 Å². The number of anilines is 1. The van der Waals surface area contributed by atoms with Crippen molar-refractivity contribution in [2.45, 2.75) is 25.3 Å². The first-order valence-corrected chi connectivity index (χ1v) is 5.26. The molecule has 4 nitrogen and oxygen atoms in total. The van der Waals surface area contributed by atoms with Crippen LogP contribution in [0.3, 0.4) is 0 Å². The predicted molar refractivity (Wildman–Crippen MR) is 60.4 cm³/mol. The minimum Gasteiger partial charge on any atom is -0.435 e. The summed E-state index contributed by atoms with van der Waals surface area (Å²) in [6, 6.07) is 4.56. The maximum absolute atomic E-state index is 12.5. The van der Waals surface area contributed by atoms with E-state index < -0.39 is 24.2 Å². The van der Waals surface area contributed by atoms with Gasteiger partial charge in [-0.1, -0.05) is 6.07 Å². The van der Waals surface area contributed by atoms with E-state index in [-0.39, 0.29) is 11.4 Å². The van der Waals surface area contributed by atoms with E-state index >= 15 is 0 Å². The normalized spacial score (nSPS) is 14.8. The highest BCUT2D eigenvalue weighted by Gasteiger charge is 2.53. The van der Waals surface area contributed by atoms with Crippen LogP contribution >= 0.6 is 0 Å². The number of hydrogen-bond donors (Lipinski definition) is 2. The SMILES string of the molecule is CC(N)(C(=O)Nc1cccc(OC(F)F)c1)C(F)(F)F. The van der Waals surface area contributed by atoms with Crippen molar-refractivity contribution in [3.63, 3.8) is 0 Å². The van der Waals surface area contributed by atoms with E-state index in [1.807, 2.05) is 5.32 Å². The number of carbonyl (C=O) groups is 1.